The van der Waals surface area contributed by atoms with Crippen molar-refractivity contribution in [3.63, 3.8) is 0 Å². The second-order valence-corrected chi connectivity index (χ2v) is 3.29. The van der Waals surface area contributed by atoms with E-state index in [1.54, 1.807) is 0 Å². The van der Waals surface area contributed by atoms with Gasteiger partial charge >= 0.3 is 0 Å². The van der Waals surface area contributed by atoms with Crippen LogP contribution in [0.25, 0.3) is 0 Å². The van der Waals surface area contributed by atoms with Gasteiger partial charge in [-0.25, -0.2) is 0 Å². The molecule has 0 bridgehead atoms. The second-order valence-electron chi connectivity index (χ2n) is 3.29. The van der Waals surface area contributed by atoms with Crippen molar-refractivity contribution in [3.8, 4) is 0 Å². The highest BCUT2D eigenvalue weighted by molar-refractivity contribution is 4.82. The van der Waals surface area contributed by atoms with Crippen LogP contribution >= 0.6 is 0 Å². The Labute approximate surface area is 67.5 Å². The van der Waals surface area contributed by atoms with Crippen LogP contribution in [0, 0.1) is 5.41 Å². The van der Waals surface area contributed by atoms with Crippen LogP contribution in [0.1, 0.15) is 19.3 Å². The molecule has 0 aromatic rings. The van der Waals surface area contributed by atoms with Gasteiger partial charge in [0.25, 0.3) is 0 Å². The normalized spacial score (nSPS) is 23.5. The Kier molecular flexibility index (Phi) is 3.30. The molecule has 11 heavy (non-hydrogen) atoms. The zero-order valence-electron chi connectivity index (χ0n) is 6.88. The minimum atomic E-state index is 0.174. The first kappa shape index (κ1) is 8.97. The number of aliphatic hydroxyl groups is 1. The average molecular weight is 159 g/mol. The molecule has 0 radical (unpaired) electrons. The summed E-state index contributed by atoms with van der Waals surface area (Å²) in [6.07, 6.45) is 2.83. The number of aliphatic hydroxyl groups excluding tert-OH is 1. The van der Waals surface area contributed by atoms with Gasteiger partial charge in [0, 0.05) is 19.8 Å². The first-order valence-electron chi connectivity index (χ1n) is 4.22. The van der Waals surface area contributed by atoms with Crippen molar-refractivity contribution < 1.29 is 9.84 Å². The van der Waals surface area contributed by atoms with Crippen LogP contribution in [0.15, 0.2) is 0 Å². The number of rotatable bonds is 3. The summed E-state index contributed by atoms with van der Waals surface area (Å²) < 4.78 is 5.24. The fourth-order valence-electron chi connectivity index (χ4n) is 1.60. The van der Waals surface area contributed by atoms with Crippen LogP contribution in [0.5, 0.6) is 0 Å². The van der Waals surface area contributed by atoms with Gasteiger partial charge in [0.15, 0.2) is 0 Å². The summed E-state index contributed by atoms with van der Waals surface area (Å²) in [7, 11) is 0. The quantitative estimate of drug-likeness (QED) is 0.615. The molecule has 0 amide bonds. The maximum Gasteiger partial charge on any atom is 0.0471 e. The summed E-state index contributed by atoms with van der Waals surface area (Å²) in [6, 6.07) is 0. The van der Waals surface area contributed by atoms with Gasteiger partial charge in [-0.15, -0.1) is 0 Å². The summed E-state index contributed by atoms with van der Waals surface area (Å²) in [5, 5.41) is 8.82. The van der Waals surface area contributed by atoms with E-state index in [9.17, 15) is 0 Å². The molecule has 1 aliphatic heterocycles. The molecule has 3 heteroatoms. The van der Waals surface area contributed by atoms with Crippen molar-refractivity contribution in [2.45, 2.75) is 19.3 Å². The van der Waals surface area contributed by atoms with E-state index in [1.807, 2.05) is 0 Å². The Morgan fingerprint density at radius 2 is 2.00 bits per heavy atom. The number of hydrogen-bond donors (Lipinski definition) is 2. The number of nitrogens with two attached hydrogens (primary N) is 1. The molecule has 1 heterocycles. The summed E-state index contributed by atoms with van der Waals surface area (Å²) in [4.78, 5) is 0. The molecule has 0 unspecified atom stereocenters. The minimum absolute atomic E-state index is 0.174. The zero-order chi connectivity index (χ0) is 8.16. The van der Waals surface area contributed by atoms with Crippen LogP contribution in [0.4, 0.5) is 0 Å². The molecule has 66 valence electrons. The first-order chi connectivity index (χ1) is 5.33. The van der Waals surface area contributed by atoms with E-state index in [0.717, 1.165) is 32.5 Å². The van der Waals surface area contributed by atoms with E-state index in [-0.39, 0.29) is 12.0 Å². The van der Waals surface area contributed by atoms with Crippen molar-refractivity contribution in [1.82, 2.24) is 0 Å². The van der Waals surface area contributed by atoms with Gasteiger partial charge in [-0.2, -0.15) is 0 Å². The molecule has 0 aliphatic carbocycles. The van der Waals surface area contributed by atoms with Gasteiger partial charge in [-0.1, -0.05) is 0 Å². The van der Waals surface area contributed by atoms with Crippen LogP contribution in [0.3, 0.4) is 0 Å². The Bertz CT molecular complexity index is 105. The minimum Gasteiger partial charge on any atom is -0.396 e. The van der Waals surface area contributed by atoms with Crippen molar-refractivity contribution in [2.75, 3.05) is 26.4 Å². The molecule has 0 saturated carbocycles. The van der Waals surface area contributed by atoms with Crippen molar-refractivity contribution in [3.05, 3.63) is 0 Å². The predicted molar refractivity (Wildman–Crippen MR) is 43.2 cm³/mol. The Balaban J connectivity index is 2.42. The highest BCUT2D eigenvalue weighted by Gasteiger charge is 2.30. The van der Waals surface area contributed by atoms with E-state index in [4.69, 9.17) is 15.6 Å². The maximum absolute atomic E-state index is 8.82. The van der Waals surface area contributed by atoms with Crippen LogP contribution < -0.4 is 5.73 Å². The van der Waals surface area contributed by atoms with Crippen molar-refractivity contribution in [2.24, 2.45) is 11.1 Å². The molecule has 0 aromatic carbocycles. The number of ether oxygens (including phenoxy) is 1. The van der Waals surface area contributed by atoms with Gasteiger partial charge in [0.1, 0.15) is 0 Å². The van der Waals surface area contributed by atoms with Crippen LogP contribution in [-0.4, -0.2) is 31.5 Å². The third-order valence-corrected chi connectivity index (χ3v) is 2.63. The third kappa shape index (κ3) is 2.15. The first-order valence-corrected chi connectivity index (χ1v) is 4.22. The fraction of sp³-hybridized carbons (Fsp3) is 1.00. The van der Waals surface area contributed by atoms with E-state index >= 15 is 0 Å². The molecule has 1 saturated heterocycles. The van der Waals surface area contributed by atoms with E-state index in [0.29, 0.717) is 6.54 Å². The molecule has 3 nitrogen and oxygen atoms in total. The van der Waals surface area contributed by atoms with Crippen LogP contribution in [0.2, 0.25) is 0 Å². The van der Waals surface area contributed by atoms with E-state index in [2.05, 4.69) is 0 Å². The number of hydrogen-bond acceptors (Lipinski definition) is 3. The lowest BCUT2D eigenvalue weighted by Gasteiger charge is -2.35. The largest absolute Gasteiger partial charge is 0.396 e. The van der Waals surface area contributed by atoms with E-state index < -0.39 is 0 Å². The topological polar surface area (TPSA) is 55.5 Å². The molecular weight excluding hydrogens is 142 g/mol. The molecule has 0 atom stereocenters. The van der Waals surface area contributed by atoms with Gasteiger partial charge in [0.2, 0.25) is 0 Å². The highest BCUT2D eigenvalue weighted by Crippen LogP contribution is 2.32. The maximum atomic E-state index is 8.82. The standard InChI is InChI=1S/C8H17NO2/c9-7-8(1-4-10)2-5-11-6-3-8/h10H,1-7,9H2. The van der Waals surface area contributed by atoms with Gasteiger partial charge in [0.05, 0.1) is 0 Å². The monoisotopic (exact) mass is 159 g/mol. The Hall–Kier alpha value is -0.120. The smallest absolute Gasteiger partial charge is 0.0471 e. The second kappa shape index (κ2) is 4.04. The Morgan fingerprint density at radius 3 is 2.45 bits per heavy atom. The summed E-state index contributed by atoms with van der Waals surface area (Å²) >= 11 is 0. The Morgan fingerprint density at radius 1 is 1.36 bits per heavy atom. The molecule has 1 fully saturated rings. The van der Waals surface area contributed by atoms with Crippen molar-refractivity contribution in [1.29, 1.82) is 0 Å². The summed E-state index contributed by atoms with van der Waals surface area (Å²) in [5.41, 5.74) is 5.83. The molecule has 0 aromatic heterocycles. The molecule has 3 N–H and O–H groups in total. The predicted octanol–water partition coefficient (Wildman–Crippen LogP) is 0.124. The SMILES string of the molecule is NCC1(CCO)CCOCC1. The molecule has 0 spiro atoms. The molecule has 1 aliphatic rings. The zero-order valence-corrected chi connectivity index (χ0v) is 6.88. The molecule has 1 rings (SSSR count). The van der Waals surface area contributed by atoms with Gasteiger partial charge in [-0.3, -0.25) is 0 Å². The van der Waals surface area contributed by atoms with Gasteiger partial charge < -0.3 is 15.6 Å². The fourth-order valence-corrected chi connectivity index (χ4v) is 1.60. The van der Waals surface area contributed by atoms with Crippen molar-refractivity contribution >= 4 is 0 Å². The van der Waals surface area contributed by atoms with Gasteiger partial charge in [-0.05, 0) is 31.2 Å². The lowest BCUT2D eigenvalue weighted by Crippen LogP contribution is -2.37. The lowest BCUT2D eigenvalue weighted by atomic mass is 9.78. The molecular formula is C8H17NO2. The average Bonchev–Trinajstić information content (AvgIpc) is 2.07. The lowest BCUT2D eigenvalue weighted by molar-refractivity contribution is 0.00692. The summed E-state index contributed by atoms with van der Waals surface area (Å²) in [6.45, 7) is 2.53. The summed E-state index contributed by atoms with van der Waals surface area (Å²) in [5.74, 6) is 0. The van der Waals surface area contributed by atoms with E-state index in [1.165, 1.54) is 0 Å². The third-order valence-electron chi connectivity index (χ3n) is 2.63. The van der Waals surface area contributed by atoms with Crippen LogP contribution in [-0.2, 0) is 4.74 Å². The highest BCUT2D eigenvalue weighted by atomic mass is 16.5.